The van der Waals surface area contributed by atoms with E-state index >= 15 is 0 Å². The predicted octanol–water partition coefficient (Wildman–Crippen LogP) is 6.92. The molecule has 2 aromatic carbocycles. The number of hydrogen-bond donors (Lipinski definition) is 1. The predicted molar refractivity (Wildman–Crippen MR) is 143 cm³/mol. The van der Waals surface area contributed by atoms with Crippen LogP contribution in [0, 0.1) is 0 Å². The van der Waals surface area contributed by atoms with Gasteiger partial charge in [0.05, 0.1) is 10.2 Å². The number of benzene rings is 2. The third-order valence-corrected chi connectivity index (χ3v) is 9.35. The number of anilines is 1. The summed E-state index contributed by atoms with van der Waals surface area (Å²) in [7, 11) is 0. The minimum atomic E-state index is -0.0185. The highest BCUT2D eigenvalue weighted by atomic mass is 32.1. The van der Waals surface area contributed by atoms with Gasteiger partial charge in [0, 0.05) is 35.1 Å². The lowest BCUT2D eigenvalue weighted by Crippen LogP contribution is -2.35. The van der Waals surface area contributed by atoms with Gasteiger partial charge in [-0.15, -0.1) is 22.7 Å². The van der Waals surface area contributed by atoms with Gasteiger partial charge in [-0.2, -0.15) is 0 Å². The summed E-state index contributed by atoms with van der Waals surface area (Å²) in [6, 6.07) is 15.1. The summed E-state index contributed by atoms with van der Waals surface area (Å²) in [5, 5.41) is 5.26. The van der Waals surface area contributed by atoms with E-state index in [1.807, 2.05) is 12.1 Å². The molecule has 2 aliphatic rings. The Kier molecular flexibility index (Phi) is 5.76. The number of carbonyl (C=O) groups is 1. The second-order valence-corrected chi connectivity index (χ2v) is 11.8. The number of nitrogens with one attached hydrogen (secondary N) is 1. The number of para-hydroxylation sites is 1. The Morgan fingerprint density at radius 1 is 1.03 bits per heavy atom. The molecule has 174 valence electrons. The molecule has 6 heteroatoms. The van der Waals surface area contributed by atoms with Crippen LogP contribution >= 0.6 is 22.7 Å². The van der Waals surface area contributed by atoms with Crippen LogP contribution < -0.4 is 5.32 Å². The molecular formula is C28H29N3OS2. The highest BCUT2D eigenvalue weighted by Crippen LogP contribution is 2.46. The molecule has 4 aromatic rings. The average Bonchev–Trinajstić information content (AvgIpc) is 3.43. The monoisotopic (exact) mass is 487 g/mol. The minimum absolute atomic E-state index is 0.0185. The lowest BCUT2D eigenvalue weighted by Gasteiger charge is -2.30. The SMILES string of the molecule is CC(C)N1CCc2c(sc(NC(=O)c3ccc4c(c3)CCCC4)c2-c2nc3ccccc3s2)C1. The second kappa shape index (κ2) is 8.91. The van der Waals surface area contributed by atoms with E-state index in [1.54, 1.807) is 22.7 Å². The Morgan fingerprint density at radius 3 is 2.68 bits per heavy atom. The van der Waals surface area contributed by atoms with Crippen molar-refractivity contribution in [3.63, 3.8) is 0 Å². The molecule has 2 aromatic heterocycles. The van der Waals surface area contributed by atoms with Crippen molar-refractivity contribution in [2.24, 2.45) is 0 Å². The van der Waals surface area contributed by atoms with Gasteiger partial charge in [-0.3, -0.25) is 9.69 Å². The van der Waals surface area contributed by atoms with E-state index in [2.05, 4.69) is 54.4 Å². The molecule has 0 bridgehead atoms. The maximum atomic E-state index is 13.4. The summed E-state index contributed by atoms with van der Waals surface area (Å²) in [4.78, 5) is 22.3. The fourth-order valence-electron chi connectivity index (χ4n) is 5.21. The standard InChI is InChI=1S/C28H29N3OS2/c1-17(2)31-14-13-21-24(16-31)34-28(25(21)27-29-22-9-5-6-10-23(22)33-27)30-26(32)20-12-11-18-7-3-4-8-19(18)15-20/h5-6,9-12,15,17H,3-4,7-8,13-14,16H2,1-2H3,(H,30,32). The van der Waals surface area contributed by atoms with Gasteiger partial charge in [-0.25, -0.2) is 4.98 Å². The summed E-state index contributed by atoms with van der Waals surface area (Å²) in [6.45, 7) is 6.49. The summed E-state index contributed by atoms with van der Waals surface area (Å²) >= 11 is 3.45. The zero-order valence-electron chi connectivity index (χ0n) is 19.7. The quantitative estimate of drug-likeness (QED) is 0.340. The zero-order chi connectivity index (χ0) is 23.2. The molecule has 1 aliphatic carbocycles. The van der Waals surface area contributed by atoms with Gasteiger partial charge in [-0.05, 0) is 86.9 Å². The van der Waals surface area contributed by atoms with E-state index in [0.717, 1.165) is 59.0 Å². The highest BCUT2D eigenvalue weighted by molar-refractivity contribution is 7.23. The fourth-order valence-corrected chi connectivity index (χ4v) is 7.59. The molecule has 1 amide bonds. The maximum absolute atomic E-state index is 13.4. The van der Waals surface area contributed by atoms with Crippen molar-refractivity contribution in [3.8, 4) is 10.6 Å². The van der Waals surface area contributed by atoms with Crippen molar-refractivity contribution in [2.45, 2.75) is 58.5 Å². The number of hydrogen-bond acceptors (Lipinski definition) is 5. The molecule has 0 fully saturated rings. The van der Waals surface area contributed by atoms with Crippen molar-refractivity contribution in [2.75, 3.05) is 11.9 Å². The average molecular weight is 488 g/mol. The summed E-state index contributed by atoms with van der Waals surface area (Å²) in [5.74, 6) is -0.0185. The smallest absolute Gasteiger partial charge is 0.256 e. The van der Waals surface area contributed by atoms with Crippen molar-refractivity contribution in [1.82, 2.24) is 9.88 Å². The molecule has 0 spiro atoms. The van der Waals surface area contributed by atoms with E-state index in [9.17, 15) is 4.79 Å². The third kappa shape index (κ3) is 3.98. The molecule has 0 atom stereocenters. The van der Waals surface area contributed by atoms with Crippen molar-refractivity contribution in [1.29, 1.82) is 0 Å². The molecule has 34 heavy (non-hydrogen) atoms. The van der Waals surface area contributed by atoms with E-state index < -0.39 is 0 Å². The van der Waals surface area contributed by atoms with E-state index in [4.69, 9.17) is 4.98 Å². The molecule has 0 saturated carbocycles. The van der Waals surface area contributed by atoms with Crippen LogP contribution in [0.15, 0.2) is 42.5 Å². The fraction of sp³-hybridized carbons (Fsp3) is 0.357. The summed E-state index contributed by atoms with van der Waals surface area (Å²) < 4.78 is 1.18. The molecule has 6 rings (SSSR count). The first-order chi connectivity index (χ1) is 16.6. The number of thiophene rings is 1. The van der Waals surface area contributed by atoms with Gasteiger partial charge >= 0.3 is 0 Å². The Morgan fingerprint density at radius 2 is 1.85 bits per heavy atom. The van der Waals surface area contributed by atoms with E-state index in [0.29, 0.717) is 6.04 Å². The van der Waals surface area contributed by atoms with Crippen molar-refractivity contribution in [3.05, 3.63) is 69.6 Å². The minimum Gasteiger partial charge on any atom is -0.313 e. The molecule has 1 N–H and O–H groups in total. The number of carbonyl (C=O) groups excluding carboxylic acids is 1. The Hall–Kier alpha value is -2.54. The first-order valence-corrected chi connectivity index (χ1v) is 13.9. The van der Waals surface area contributed by atoms with Gasteiger partial charge in [0.1, 0.15) is 10.0 Å². The van der Waals surface area contributed by atoms with E-state index in [1.165, 1.54) is 39.1 Å². The maximum Gasteiger partial charge on any atom is 0.256 e. The highest BCUT2D eigenvalue weighted by Gasteiger charge is 2.28. The van der Waals surface area contributed by atoms with Gasteiger partial charge < -0.3 is 5.32 Å². The number of amides is 1. The molecule has 0 unspecified atom stereocenters. The van der Waals surface area contributed by atoms with Crippen LogP contribution in [0.4, 0.5) is 5.00 Å². The molecule has 0 saturated heterocycles. The lowest BCUT2D eigenvalue weighted by molar-refractivity contribution is 0.102. The first kappa shape index (κ1) is 22.0. The van der Waals surface area contributed by atoms with Gasteiger partial charge in [0.15, 0.2) is 0 Å². The van der Waals surface area contributed by atoms with Gasteiger partial charge in [0.2, 0.25) is 0 Å². The Labute approximate surface area is 208 Å². The molecule has 0 radical (unpaired) electrons. The van der Waals surface area contributed by atoms with E-state index in [-0.39, 0.29) is 5.91 Å². The third-order valence-electron chi connectivity index (χ3n) is 7.16. The largest absolute Gasteiger partial charge is 0.313 e. The van der Waals surface area contributed by atoms with Crippen LogP contribution in [0.5, 0.6) is 0 Å². The number of thiazole rings is 1. The number of fused-ring (bicyclic) bond motifs is 3. The normalized spacial score (nSPS) is 16.0. The molecule has 1 aliphatic heterocycles. The molecule has 4 nitrogen and oxygen atoms in total. The van der Waals surface area contributed by atoms with Crippen molar-refractivity contribution < 1.29 is 4.79 Å². The Balaban J connectivity index is 1.39. The summed E-state index contributed by atoms with van der Waals surface area (Å²) in [5.41, 5.74) is 7.01. The van der Waals surface area contributed by atoms with Gasteiger partial charge in [0.25, 0.3) is 5.91 Å². The van der Waals surface area contributed by atoms with Crippen LogP contribution in [-0.4, -0.2) is 28.4 Å². The Bertz CT molecular complexity index is 1350. The number of aryl methyl sites for hydroxylation is 2. The molecule has 3 heterocycles. The number of nitrogens with zero attached hydrogens (tertiary/aromatic N) is 2. The van der Waals surface area contributed by atoms with Crippen LogP contribution in [0.1, 0.15) is 58.6 Å². The summed E-state index contributed by atoms with van der Waals surface area (Å²) in [6.07, 6.45) is 5.65. The van der Waals surface area contributed by atoms with Crippen molar-refractivity contribution >= 4 is 43.8 Å². The van der Waals surface area contributed by atoms with Crippen LogP contribution in [-0.2, 0) is 25.8 Å². The first-order valence-electron chi connectivity index (χ1n) is 12.2. The topological polar surface area (TPSA) is 45.2 Å². The zero-order valence-corrected chi connectivity index (χ0v) is 21.3. The number of rotatable bonds is 4. The van der Waals surface area contributed by atoms with Crippen LogP contribution in [0.25, 0.3) is 20.8 Å². The lowest BCUT2D eigenvalue weighted by atomic mass is 9.90. The van der Waals surface area contributed by atoms with Crippen LogP contribution in [0.3, 0.4) is 0 Å². The van der Waals surface area contributed by atoms with Crippen LogP contribution in [0.2, 0.25) is 0 Å². The van der Waals surface area contributed by atoms with Gasteiger partial charge in [-0.1, -0.05) is 18.2 Å². The number of aromatic nitrogens is 1. The molecular weight excluding hydrogens is 458 g/mol. The second-order valence-electron chi connectivity index (χ2n) is 9.65.